The maximum atomic E-state index is 12.5. The Morgan fingerprint density at radius 2 is 1.46 bits per heavy atom. The van der Waals surface area contributed by atoms with E-state index in [2.05, 4.69) is 22.3 Å². The van der Waals surface area contributed by atoms with Crippen LogP contribution in [0, 0.1) is 0 Å². The molecule has 3 rings (SSSR count). The standard InChI is InChI=1S/C22H32N2OS/c25-21(17-16-18-10-4-1-5-11-18)23-22(26)24(19-12-6-2-7-13-19)20-14-8-3-9-15-20/h1,4-5,10-11,19-20H,2-3,6-9,12-17H2,(H,23,25,26). The monoisotopic (exact) mass is 372 g/mol. The van der Waals surface area contributed by atoms with E-state index in [0.717, 1.165) is 6.42 Å². The lowest BCUT2D eigenvalue weighted by Crippen LogP contribution is -2.53. The molecule has 0 aliphatic heterocycles. The Balaban J connectivity index is 1.57. The fourth-order valence-electron chi connectivity index (χ4n) is 4.50. The van der Waals surface area contributed by atoms with E-state index in [-0.39, 0.29) is 5.91 Å². The van der Waals surface area contributed by atoms with Gasteiger partial charge in [0, 0.05) is 18.5 Å². The zero-order valence-electron chi connectivity index (χ0n) is 15.8. The first-order valence-corrected chi connectivity index (χ1v) is 10.8. The third-order valence-corrected chi connectivity index (χ3v) is 6.21. The summed E-state index contributed by atoms with van der Waals surface area (Å²) in [5.41, 5.74) is 1.20. The van der Waals surface area contributed by atoms with Crippen molar-refractivity contribution in [3.63, 3.8) is 0 Å². The first kappa shape index (κ1) is 19.3. The van der Waals surface area contributed by atoms with E-state index in [4.69, 9.17) is 12.2 Å². The van der Waals surface area contributed by atoms with Crippen molar-refractivity contribution >= 4 is 23.2 Å². The van der Waals surface area contributed by atoms with Gasteiger partial charge in [0.15, 0.2) is 5.11 Å². The van der Waals surface area contributed by atoms with E-state index in [1.165, 1.54) is 69.8 Å². The normalized spacial score (nSPS) is 19.1. The zero-order valence-corrected chi connectivity index (χ0v) is 16.6. The minimum absolute atomic E-state index is 0.0514. The molecule has 0 aromatic heterocycles. The van der Waals surface area contributed by atoms with Crippen LogP contribution in [0.1, 0.15) is 76.2 Å². The third kappa shape index (κ3) is 5.54. The number of hydrogen-bond acceptors (Lipinski definition) is 2. The molecule has 142 valence electrons. The molecule has 0 unspecified atom stereocenters. The van der Waals surface area contributed by atoms with Crippen molar-refractivity contribution in [1.29, 1.82) is 0 Å². The van der Waals surface area contributed by atoms with Crippen molar-refractivity contribution in [3.05, 3.63) is 35.9 Å². The van der Waals surface area contributed by atoms with E-state index < -0.39 is 0 Å². The van der Waals surface area contributed by atoms with Gasteiger partial charge in [0.1, 0.15) is 0 Å². The van der Waals surface area contributed by atoms with Crippen molar-refractivity contribution in [2.24, 2.45) is 0 Å². The lowest BCUT2D eigenvalue weighted by molar-refractivity contribution is -0.119. The summed E-state index contributed by atoms with van der Waals surface area (Å²) in [7, 11) is 0. The summed E-state index contributed by atoms with van der Waals surface area (Å²) in [5, 5.41) is 3.75. The number of benzene rings is 1. The number of amides is 1. The highest BCUT2D eigenvalue weighted by Crippen LogP contribution is 2.30. The maximum absolute atomic E-state index is 12.5. The number of rotatable bonds is 5. The van der Waals surface area contributed by atoms with Crippen LogP contribution < -0.4 is 5.32 Å². The van der Waals surface area contributed by atoms with Crippen molar-refractivity contribution in [1.82, 2.24) is 10.2 Å². The van der Waals surface area contributed by atoms with Gasteiger partial charge in [-0.05, 0) is 49.9 Å². The SMILES string of the molecule is O=C(CCc1ccccc1)NC(=S)N(C1CCCCC1)C1CCCCC1. The second-order valence-electron chi connectivity index (χ2n) is 7.83. The summed E-state index contributed by atoms with van der Waals surface area (Å²) < 4.78 is 0. The number of carbonyl (C=O) groups is 1. The predicted octanol–water partition coefficient (Wildman–Crippen LogP) is 4.99. The highest BCUT2D eigenvalue weighted by molar-refractivity contribution is 7.80. The molecule has 4 heteroatoms. The fourth-order valence-corrected chi connectivity index (χ4v) is 4.91. The molecule has 2 saturated carbocycles. The van der Waals surface area contributed by atoms with Crippen LogP contribution in [-0.4, -0.2) is 28.0 Å². The van der Waals surface area contributed by atoms with Crippen molar-refractivity contribution < 1.29 is 4.79 Å². The molecule has 0 bridgehead atoms. The quantitative estimate of drug-likeness (QED) is 0.739. The van der Waals surface area contributed by atoms with Gasteiger partial charge in [0.2, 0.25) is 5.91 Å². The van der Waals surface area contributed by atoms with Crippen LogP contribution >= 0.6 is 12.2 Å². The van der Waals surface area contributed by atoms with E-state index in [1.54, 1.807) is 0 Å². The van der Waals surface area contributed by atoms with Crippen LogP contribution in [0.15, 0.2) is 30.3 Å². The zero-order chi connectivity index (χ0) is 18.2. The van der Waals surface area contributed by atoms with Gasteiger partial charge in [-0.25, -0.2) is 0 Å². The number of nitrogens with one attached hydrogen (secondary N) is 1. The van der Waals surface area contributed by atoms with Crippen LogP contribution in [0.3, 0.4) is 0 Å². The van der Waals surface area contributed by atoms with Crippen molar-refractivity contribution in [2.45, 2.75) is 89.1 Å². The molecule has 3 nitrogen and oxygen atoms in total. The number of nitrogens with zero attached hydrogens (tertiary/aromatic N) is 1. The first-order valence-electron chi connectivity index (χ1n) is 10.4. The number of aryl methyl sites for hydroxylation is 1. The van der Waals surface area contributed by atoms with Gasteiger partial charge in [-0.3, -0.25) is 4.79 Å². The number of carbonyl (C=O) groups excluding carboxylic acids is 1. The van der Waals surface area contributed by atoms with Gasteiger partial charge < -0.3 is 10.2 Å². The van der Waals surface area contributed by atoms with Crippen LogP contribution in [-0.2, 0) is 11.2 Å². The molecule has 0 atom stereocenters. The third-order valence-electron chi connectivity index (χ3n) is 5.90. The molecule has 0 heterocycles. The molecule has 2 fully saturated rings. The Bertz CT molecular complexity index is 559. The average molecular weight is 373 g/mol. The lowest BCUT2D eigenvalue weighted by Gasteiger charge is -2.43. The molecule has 26 heavy (non-hydrogen) atoms. The van der Waals surface area contributed by atoms with Crippen molar-refractivity contribution in [3.8, 4) is 0 Å². The van der Waals surface area contributed by atoms with E-state index in [0.29, 0.717) is 23.6 Å². The summed E-state index contributed by atoms with van der Waals surface area (Å²) in [6.45, 7) is 0. The minimum Gasteiger partial charge on any atom is -0.343 e. The Morgan fingerprint density at radius 1 is 0.923 bits per heavy atom. The van der Waals surface area contributed by atoms with Crippen LogP contribution in [0.4, 0.5) is 0 Å². The molecule has 0 radical (unpaired) electrons. The number of hydrogen-bond donors (Lipinski definition) is 1. The van der Waals surface area contributed by atoms with Crippen molar-refractivity contribution in [2.75, 3.05) is 0 Å². The van der Waals surface area contributed by atoms with Crippen LogP contribution in [0.25, 0.3) is 0 Å². The smallest absolute Gasteiger partial charge is 0.226 e. The average Bonchev–Trinajstić information content (AvgIpc) is 2.69. The van der Waals surface area contributed by atoms with E-state index >= 15 is 0 Å². The van der Waals surface area contributed by atoms with Crippen LogP contribution in [0.2, 0.25) is 0 Å². The highest BCUT2D eigenvalue weighted by atomic mass is 32.1. The summed E-state index contributed by atoms with van der Waals surface area (Å²) in [6, 6.07) is 11.2. The first-order chi connectivity index (χ1) is 12.7. The summed E-state index contributed by atoms with van der Waals surface area (Å²) >= 11 is 5.74. The largest absolute Gasteiger partial charge is 0.343 e. The van der Waals surface area contributed by atoms with Gasteiger partial charge in [-0.2, -0.15) is 0 Å². The summed E-state index contributed by atoms with van der Waals surface area (Å²) in [5.74, 6) is 0.0514. The Labute approximate surface area is 163 Å². The second-order valence-corrected chi connectivity index (χ2v) is 8.22. The molecule has 1 aromatic rings. The van der Waals surface area contributed by atoms with Gasteiger partial charge in [0.05, 0.1) is 0 Å². The Morgan fingerprint density at radius 3 is 2.00 bits per heavy atom. The molecule has 0 saturated heterocycles. The molecule has 1 aromatic carbocycles. The molecular formula is C22H32N2OS. The minimum atomic E-state index is 0.0514. The predicted molar refractivity (Wildman–Crippen MR) is 111 cm³/mol. The van der Waals surface area contributed by atoms with Gasteiger partial charge in [-0.15, -0.1) is 0 Å². The van der Waals surface area contributed by atoms with Gasteiger partial charge in [0.25, 0.3) is 0 Å². The Kier molecular flexibility index (Phi) is 7.48. The maximum Gasteiger partial charge on any atom is 0.226 e. The highest BCUT2D eigenvalue weighted by Gasteiger charge is 2.31. The second kappa shape index (κ2) is 10.1. The molecule has 1 N–H and O–H groups in total. The molecule has 1 amide bonds. The number of thiocarbonyl (C=S) groups is 1. The van der Waals surface area contributed by atoms with Gasteiger partial charge >= 0.3 is 0 Å². The van der Waals surface area contributed by atoms with Crippen LogP contribution in [0.5, 0.6) is 0 Å². The topological polar surface area (TPSA) is 32.3 Å². The van der Waals surface area contributed by atoms with E-state index in [1.807, 2.05) is 18.2 Å². The molecular weight excluding hydrogens is 340 g/mol. The fraction of sp³-hybridized carbons (Fsp3) is 0.636. The lowest BCUT2D eigenvalue weighted by atomic mass is 9.89. The molecule has 0 spiro atoms. The Hall–Kier alpha value is -1.42. The summed E-state index contributed by atoms with van der Waals surface area (Å²) in [4.78, 5) is 14.9. The van der Waals surface area contributed by atoms with Gasteiger partial charge in [-0.1, -0.05) is 68.9 Å². The summed E-state index contributed by atoms with van der Waals surface area (Å²) in [6.07, 6.45) is 14.0. The molecule has 2 aliphatic rings. The molecule has 2 aliphatic carbocycles. The van der Waals surface area contributed by atoms with E-state index in [9.17, 15) is 4.79 Å².